The van der Waals surface area contributed by atoms with E-state index in [1.165, 1.54) is 11.8 Å². The van der Waals surface area contributed by atoms with Gasteiger partial charge in [0, 0.05) is 17.3 Å². The van der Waals surface area contributed by atoms with Gasteiger partial charge in [0.15, 0.2) is 11.0 Å². The van der Waals surface area contributed by atoms with E-state index in [4.69, 9.17) is 11.6 Å². The Morgan fingerprint density at radius 2 is 1.97 bits per heavy atom. The van der Waals surface area contributed by atoms with Crippen LogP contribution in [-0.4, -0.2) is 32.1 Å². The number of aromatic nitrogens is 3. The van der Waals surface area contributed by atoms with Crippen molar-refractivity contribution in [3.8, 4) is 0 Å². The number of thioether (sulfide) groups is 1. The first-order chi connectivity index (χ1) is 15.1. The molecule has 7 nitrogen and oxygen atoms in total. The van der Waals surface area contributed by atoms with E-state index < -0.39 is 5.25 Å². The summed E-state index contributed by atoms with van der Waals surface area (Å²) in [4.78, 5) is 12.4. The van der Waals surface area contributed by atoms with Crippen LogP contribution < -0.4 is 10.7 Å². The van der Waals surface area contributed by atoms with E-state index in [1.54, 1.807) is 31.3 Å². The first-order valence-corrected chi connectivity index (χ1v) is 10.9. The summed E-state index contributed by atoms with van der Waals surface area (Å²) in [5.41, 5.74) is 4.39. The Morgan fingerprint density at radius 3 is 2.68 bits per heavy atom. The van der Waals surface area contributed by atoms with Gasteiger partial charge in [0.05, 0.1) is 18.0 Å². The topological polar surface area (TPSA) is 84.2 Å². The Kier molecular flexibility index (Phi) is 8.26. The van der Waals surface area contributed by atoms with Crippen LogP contribution in [-0.2, 0) is 17.9 Å². The number of carbonyl (C=O) groups excluding carboxylic acids is 1. The molecule has 0 unspecified atom stereocenters. The number of para-hydroxylation sites is 1. The molecular formula is C22H23ClN6OS. The van der Waals surface area contributed by atoms with Gasteiger partial charge in [0.1, 0.15) is 0 Å². The van der Waals surface area contributed by atoms with Crippen molar-refractivity contribution in [1.29, 1.82) is 0 Å². The number of halogens is 1. The van der Waals surface area contributed by atoms with Gasteiger partial charge in [-0.1, -0.05) is 59.8 Å². The molecule has 3 aromatic rings. The van der Waals surface area contributed by atoms with E-state index in [9.17, 15) is 4.79 Å². The van der Waals surface area contributed by atoms with Crippen LogP contribution in [0.2, 0.25) is 5.02 Å². The number of nitrogens with zero attached hydrogens (tertiary/aromatic N) is 4. The van der Waals surface area contributed by atoms with Gasteiger partial charge in [-0.2, -0.15) is 5.10 Å². The molecule has 31 heavy (non-hydrogen) atoms. The van der Waals surface area contributed by atoms with Crippen molar-refractivity contribution in [2.45, 2.75) is 30.4 Å². The molecule has 0 aliphatic rings. The summed E-state index contributed by atoms with van der Waals surface area (Å²) in [5.74, 6) is 0.534. The molecule has 0 spiro atoms. The van der Waals surface area contributed by atoms with Crippen molar-refractivity contribution in [2.75, 3.05) is 5.32 Å². The molecule has 0 aliphatic carbocycles. The maximum absolute atomic E-state index is 12.4. The lowest BCUT2D eigenvalue weighted by Crippen LogP contribution is -2.27. The maximum Gasteiger partial charge on any atom is 0.253 e. The Hall–Kier alpha value is -3.10. The highest BCUT2D eigenvalue weighted by molar-refractivity contribution is 8.00. The van der Waals surface area contributed by atoms with Gasteiger partial charge in [-0.3, -0.25) is 4.79 Å². The van der Waals surface area contributed by atoms with Crippen LogP contribution in [0.5, 0.6) is 0 Å². The lowest BCUT2D eigenvalue weighted by molar-refractivity contribution is -0.120. The monoisotopic (exact) mass is 454 g/mol. The SMILES string of the molecule is C=CCn1c(CNc2ccccc2)nnc1S[C@@H](C)C(=O)N/N=C\c1ccc(Cl)cc1. The second-order valence-electron chi connectivity index (χ2n) is 6.56. The predicted molar refractivity (Wildman–Crippen MR) is 126 cm³/mol. The van der Waals surface area contributed by atoms with Gasteiger partial charge in [-0.15, -0.1) is 16.8 Å². The molecule has 160 valence electrons. The first kappa shape index (κ1) is 22.6. The highest BCUT2D eigenvalue weighted by Gasteiger charge is 2.19. The summed E-state index contributed by atoms with van der Waals surface area (Å²) < 4.78 is 1.94. The van der Waals surface area contributed by atoms with Crippen LogP contribution in [0.15, 0.2) is 77.5 Å². The van der Waals surface area contributed by atoms with Crippen LogP contribution in [0.3, 0.4) is 0 Å². The van der Waals surface area contributed by atoms with Gasteiger partial charge in [0.2, 0.25) is 0 Å². The average Bonchev–Trinajstić information content (AvgIpc) is 3.15. The van der Waals surface area contributed by atoms with Gasteiger partial charge < -0.3 is 9.88 Å². The number of hydrogen-bond acceptors (Lipinski definition) is 6. The van der Waals surface area contributed by atoms with Gasteiger partial charge in [0.25, 0.3) is 5.91 Å². The Balaban J connectivity index is 1.59. The summed E-state index contributed by atoms with van der Waals surface area (Å²) in [7, 11) is 0. The van der Waals surface area contributed by atoms with Crippen molar-refractivity contribution in [3.63, 3.8) is 0 Å². The molecule has 0 radical (unpaired) electrons. The number of anilines is 1. The van der Waals surface area contributed by atoms with Crippen LogP contribution in [0.25, 0.3) is 0 Å². The number of hydrazone groups is 1. The molecule has 2 aromatic carbocycles. The second kappa shape index (κ2) is 11.3. The molecule has 1 amide bonds. The standard InChI is InChI=1S/C22H23ClN6OS/c1-3-13-29-20(15-24-19-7-5-4-6-8-19)26-28-22(29)31-16(2)21(30)27-25-14-17-9-11-18(23)12-10-17/h3-12,14,16,24H,1,13,15H2,2H3,(H,27,30)/b25-14-/t16-/m0/s1. The third-order valence-electron chi connectivity index (χ3n) is 4.24. The normalized spacial score (nSPS) is 11.9. The summed E-state index contributed by atoms with van der Waals surface area (Å²) in [6, 6.07) is 17.0. The van der Waals surface area contributed by atoms with E-state index in [0.717, 1.165) is 17.1 Å². The molecule has 9 heteroatoms. The smallest absolute Gasteiger partial charge is 0.253 e. The van der Waals surface area contributed by atoms with Crippen LogP contribution >= 0.6 is 23.4 Å². The fourth-order valence-electron chi connectivity index (χ4n) is 2.61. The number of allylic oxidation sites excluding steroid dienone is 1. The quantitative estimate of drug-likeness (QED) is 0.206. The molecule has 3 rings (SSSR count). The zero-order valence-corrected chi connectivity index (χ0v) is 18.6. The summed E-state index contributed by atoms with van der Waals surface area (Å²) in [5, 5.41) is 16.8. The van der Waals surface area contributed by atoms with E-state index in [2.05, 4.69) is 32.6 Å². The molecule has 1 atom stereocenters. The lowest BCUT2D eigenvalue weighted by atomic mass is 10.2. The fourth-order valence-corrected chi connectivity index (χ4v) is 3.61. The van der Waals surface area contributed by atoms with Crippen molar-refractivity contribution in [1.82, 2.24) is 20.2 Å². The van der Waals surface area contributed by atoms with E-state index in [0.29, 0.717) is 23.3 Å². The van der Waals surface area contributed by atoms with Crippen molar-refractivity contribution < 1.29 is 4.79 Å². The largest absolute Gasteiger partial charge is 0.378 e. The number of hydrogen-bond donors (Lipinski definition) is 2. The fraction of sp³-hybridized carbons (Fsp3) is 0.182. The summed E-state index contributed by atoms with van der Waals surface area (Å²) in [6.07, 6.45) is 3.35. The minimum atomic E-state index is -0.412. The highest BCUT2D eigenvalue weighted by Crippen LogP contribution is 2.23. The molecule has 1 aromatic heterocycles. The van der Waals surface area contributed by atoms with Gasteiger partial charge in [-0.05, 0) is 36.8 Å². The highest BCUT2D eigenvalue weighted by atomic mass is 35.5. The Bertz CT molecular complexity index is 1040. The summed E-state index contributed by atoms with van der Waals surface area (Å²) in [6.45, 7) is 6.67. The summed E-state index contributed by atoms with van der Waals surface area (Å²) >= 11 is 7.18. The van der Waals surface area contributed by atoms with Gasteiger partial charge in [-0.25, -0.2) is 5.43 Å². The Morgan fingerprint density at radius 1 is 1.23 bits per heavy atom. The molecule has 0 aliphatic heterocycles. The molecule has 0 bridgehead atoms. The van der Waals surface area contributed by atoms with E-state index in [-0.39, 0.29) is 5.91 Å². The average molecular weight is 455 g/mol. The number of rotatable bonds is 10. The molecular weight excluding hydrogens is 432 g/mol. The zero-order valence-electron chi connectivity index (χ0n) is 17.0. The lowest BCUT2D eigenvalue weighted by Gasteiger charge is -2.12. The maximum atomic E-state index is 12.4. The number of amides is 1. The molecule has 2 N–H and O–H groups in total. The van der Waals surface area contributed by atoms with Crippen molar-refractivity contribution >= 4 is 41.2 Å². The minimum Gasteiger partial charge on any atom is -0.378 e. The Labute approximate surface area is 190 Å². The predicted octanol–water partition coefficient (Wildman–Crippen LogP) is 4.36. The van der Waals surface area contributed by atoms with Crippen LogP contribution in [0.4, 0.5) is 5.69 Å². The van der Waals surface area contributed by atoms with Crippen LogP contribution in [0.1, 0.15) is 18.3 Å². The van der Waals surface area contributed by atoms with E-state index in [1.807, 2.05) is 47.0 Å². The third kappa shape index (κ3) is 6.70. The zero-order chi connectivity index (χ0) is 22.1. The van der Waals surface area contributed by atoms with Gasteiger partial charge >= 0.3 is 0 Å². The molecule has 1 heterocycles. The van der Waals surface area contributed by atoms with Crippen molar-refractivity contribution in [2.24, 2.45) is 5.10 Å². The second-order valence-corrected chi connectivity index (χ2v) is 8.31. The molecule has 0 saturated heterocycles. The third-order valence-corrected chi connectivity index (χ3v) is 5.57. The van der Waals surface area contributed by atoms with Crippen LogP contribution in [0, 0.1) is 0 Å². The number of nitrogens with one attached hydrogen (secondary N) is 2. The minimum absolute atomic E-state index is 0.229. The van der Waals surface area contributed by atoms with E-state index >= 15 is 0 Å². The molecule has 0 fully saturated rings. The molecule has 0 saturated carbocycles. The number of benzene rings is 2. The first-order valence-electron chi connectivity index (χ1n) is 9.64. The van der Waals surface area contributed by atoms with Crippen molar-refractivity contribution in [3.05, 3.63) is 83.7 Å². The number of carbonyl (C=O) groups is 1.